The zero-order chi connectivity index (χ0) is 13.0. The molecule has 1 aliphatic rings. The molecule has 1 fully saturated rings. The van der Waals surface area contributed by atoms with Crippen molar-refractivity contribution < 1.29 is 9.59 Å². The standard InChI is InChI=1S/C13H17N3O2/c1-10-5-8-16(9-6-10)13(18)12(17)15-11-4-2-3-7-14-11/h2-4,7,10H,5-6,8-9H2,1H3,(H,14,15,17). The number of piperidine rings is 1. The lowest BCUT2D eigenvalue weighted by Gasteiger charge is -2.29. The molecule has 0 saturated carbocycles. The van der Waals surface area contributed by atoms with Crippen LogP contribution in [0.5, 0.6) is 0 Å². The van der Waals surface area contributed by atoms with Crippen molar-refractivity contribution in [1.29, 1.82) is 0 Å². The van der Waals surface area contributed by atoms with Crippen LogP contribution < -0.4 is 5.32 Å². The van der Waals surface area contributed by atoms with Gasteiger partial charge in [0.25, 0.3) is 0 Å². The fourth-order valence-electron chi connectivity index (χ4n) is 1.96. The monoisotopic (exact) mass is 247 g/mol. The highest BCUT2D eigenvalue weighted by atomic mass is 16.2. The van der Waals surface area contributed by atoms with Crippen LogP contribution >= 0.6 is 0 Å². The van der Waals surface area contributed by atoms with E-state index in [0.29, 0.717) is 24.8 Å². The second-order valence-electron chi connectivity index (χ2n) is 4.64. The Morgan fingerprint density at radius 3 is 2.67 bits per heavy atom. The molecule has 1 saturated heterocycles. The quantitative estimate of drug-likeness (QED) is 0.760. The fraction of sp³-hybridized carbons (Fsp3) is 0.462. The normalized spacial score (nSPS) is 16.4. The molecule has 1 aromatic heterocycles. The largest absolute Gasteiger partial charge is 0.334 e. The van der Waals surface area contributed by atoms with Crippen LogP contribution in [0.1, 0.15) is 19.8 Å². The number of anilines is 1. The molecule has 96 valence electrons. The molecule has 5 heteroatoms. The van der Waals surface area contributed by atoms with Gasteiger partial charge in [-0.3, -0.25) is 9.59 Å². The van der Waals surface area contributed by atoms with Crippen molar-refractivity contribution in [2.75, 3.05) is 18.4 Å². The van der Waals surface area contributed by atoms with Crippen LogP contribution in [0.2, 0.25) is 0 Å². The Hall–Kier alpha value is -1.91. The number of hydrogen-bond acceptors (Lipinski definition) is 3. The summed E-state index contributed by atoms with van der Waals surface area (Å²) in [6.07, 6.45) is 3.49. The van der Waals surface area contributed by atoms with E-state index in [1.807, 2.05) is 0 Å². The number of pyridine rings is 1. The predicted octanol–water partition coefficient (Wildman–Crippen LogP) is 1.28. The summed E-state index contributed by atoms with van der Waals surface area (Å²) >= 11 is 0. The molecule has 1 aliphatic heterocycles. The minimum absolute atomic E-state index is 0.404. The molecule has 1 aromatic rings. The van der Waals surface area contributed by atoms with Gasteiger partial charge in [0.05, 0.1) is 0 Å². The van der Waals surface area contributed by atoms with Gasteiger partial charge >= 0.3 is 11.8 Å². The van der Waals surface area contributed by atoms with Gasteiger partial charge in [-0.1, -0.05) is 13.0 Å². The molecule has 2 rings (SSSR count). The summed E-state index contributed by atoms with van der Waals surface area (Å²) in [7, 11) is 0. The number of likely N-dealkylation sites (tertiary alicyclic amines) is 1. The van der Waals surface area contributed by atoms with Crippen molar-refractivity contribution in [3.8, 4) is 0 Å². The van der Waals surface area contributed by atoms with Gasteiger partial charge in [-0.2, -0.15) is 0 Å². The van der Waals surface area contributed by atoms with Gasteiger partial charge < -0.3 is 10.2 Å². The van der Waals surface area contributed by atoms with Gasteiger partial charge in [0, 0.05) is 19.3 Å². The number of nitrogens with zero attached hydrogens (tertiary/aromatic N) is 2. The van der Waals surface area contributed by atoms with Crippen LogP contribution in [0.3, 0.4) is 0 Å². The molecule has 0 radical (unpaired) electrons. The summed E-state index contributed by atoms with van der Waals surface area (Å²) in [5, 5.41) is 2.51. The molecular formula is C13H17N3O2. The van der Waals surface area contributed by atoms with E-state index in [9.17, 15) is 9.59 Å². The zero-order valence-electron chi connectivity index (χ0n) is 10.4. The molecule has 1 N–H and O–H groups in total. The molecule has 2 heterocycles. The molecule has 18 heavy (non-hydrogen) atoms. The molecule has 0 spiro atoms. The minimum Gasteiger partial charge on any atom is -0.334 e. The number of carbonyl (C=O) groups is 2. The van der Waals surface area contributed by atoms with E-state index in [1.54, 1.807) is 29.3 Å². The maximum absolute atomic E-state index is 11.9. The van der Waals surface area contributed by atoms with E-state index in [1.165, 1.54) is 0 Å². The lowest BCUT2D eigenvalue weighted by atomic mass is 9.99. The number of hydrogen-bond donors (Lipinski definition) is 1. The summed E-state index contributed by atoms with van der Waals surface area (Å²) in [5.41, 5.74) is 0. The molecule has 0 atom stereocenters. The Kier molecular flexibility index (Phi) is 3.92. The van der Waals surface area contributed by atoms with Crippen molar-refractivity contribution in [2.45, 2.75) is 19.8 Å². The van der Waals surface area contributed by atoms with Crippen LogP contribution in [0, 0.1) is 5.92 Å². The summed E-state index contributed by atoms with van der Waals surface area (Å²) in [4.78, 5) is 29.2. The van der Waals surface area contributed by atoms with E-state index < -0.39 is 11.8 Å². The first-order chi connectivity index (χ1) is 8.66. The predicted molar refractivity (Wildman–Crippen MR) is 67.8 cm³/mol. The average Bonchev–Trinajstić information content (AvgIpc) is 2.40. The molecule has 0 unspecified atom stereocenters. The van der Waals surface area contributed by atoms with Crippen LogP contribution in [0.15, 0.2) is 24.4 Å². The molecule has 0 bridgehead atoms. The highest BCUT2D eigenvalue weighted by Crippen LogP contribution is 2.16. The van der Waals surface area contributed by atoms with E-state index in [-0.39, 0.29) is 0 Å². The third kappa shape index (κ3) is 3.06. The van der Waals surface area contributed by atoms with Gasteiger partial charge in [0.15, 0.2) is 0 Å². The van der Waals surface area contributed by atoms with Gasteiger partial charge in [0.2, 0.25) is 0 Å². The van der Waals surface area contributed by atoms with E-state index in [0.717, 1.165) is 12.8 Å². The van der Waals surface area contributed by atoms with Crippen molar-refractivity contribution in [2.24, 2.45) is 5.92 Å². The minimum atomic E-state index is -0.608. The Labute approximate surface area is 106 Å². The van der Waals surface area contributed by atoms with Gasteiger partial charge in [0.1, 0.15) is 5.82 Å². The number of aromatic nitrogens is 1. The highest BCUT2D eigenvalue weighted by Gasteiger charge is 2.25. The van der Waals surface area contributed by atoms with Crippen LogP contribution in [-0.4, -0.2) is 34.8 Å². The SMILES string of the molecule is CC1CCN(C(=O)C(=O)Nc2ccccn2)CC1. The average molecular weight is 247 g/mol. The Morgan fingerprint density at radius 1 is 1.33 bits per heavy atom. The van der Waals surface area contributed by atoms with Gasteiger partial charge in [-0.05, 0) is 30.9 Å². The molecule has 0 aliphatic carbocycles. The lowest BCUT2D eigenvalue weighted by molar-refractivity contribution is -0.144. The van der Waals surface area contributed by atoms with Crippen molar-refractivity contribution >= 4 is 17.6 Å². The number of carbonyl (C=O) groups excluding carboxylic acids is 2. The van der Waals surface area contributed by atoms with E-state index in [4.69, 9.17) is 0 Å². The lowest BCUT2D eigenvalue weighted by Crippen LogP contribution is -2.43. The fourth-order valence-corrected chi connectivity index (χ4v) is 1.96. The summed E-state index contributed by atoms with van der Waals surface area (Å²) < 4.78 is 0. The van der Waals surface area contributed by atoms with Crippen LogP contribution in [-0.2, 0) is 9.59 Å². The Bertz CT molecular complexity index is 425. The third-order valence-corrected chi connectivity index (χ3v) is 3.17. The van der Waals surface area contributed by atoms with E-state index >= 15 is 0 Å². The first-order valence-electron chi connectivity index (χ1n) is 6.18. The summed E-state index contributed by atoms with van der Waals surface area (Å²) in [5.74, 6) is -0.0371. The zero-order valence-corrected chi connectivity index (χ0v) is 10.4. The molecule has 5 nitrogen and oxygen atoms in total. The van der Waals surface area contributed by atoms with Gasteiger partial charge in [-0.15, -0.1) is 0 Å². The topological polar surface area (TPSA) is 62.3 Å². The van der Waals surface area contributed by atoms with Crippen molar-refractivity contribution in [3.05, 3.63) is 24.4 Å². The van der Waals surface area contributed by atoms with Gasteiger partial charge in [-0.25, -0.2) is 4.98 Å². The van der Waals surface area contributed by atoms with E-state index in [2.05, 4.69) is 17.2 Å². The Morgan fingerprint density at radius 2 is 2.06 bits per heavy atom. The van der Waals surface area contributed by atoms with Crippen LogP contribution in [0.4, 0.5) is 5.82 Å². The maximum atomic E-state index is 11.9. The number of rotatable bonds is 1. The first kappa shape index (κ1) is 12.5. The Balaban J connectivity index is 1.91. The number of nitrogens with one attached hydrogen (secondary N) is 1. The third-order valence-electron chi connectivity index (χ3n) is 3.17. The second-order valence-corrected chi connectivity index (χ2v) is 4.64. The van der Waals surface area contributed by atoms with Crippen molar-refractivity contribution in [1.82, 2.24) is 9.88 Å². The maximum Gasteiger partial charge on any atom is 0.315 e. The van der Waals surface area contributed by atoms with Crippen LogP contribution in [0.25, 0.3) is 0 Å². The highest BCUT2D eigenvalue weighted by molar-refractivity contribution is 6.39. The second kappa shape index (κ2) is 5.62. The first-order valence-corrected chi connectivity index (χ1v) is 6.18. The van der Waals surface area contributed by atoms with Crippen molar-refractivity contribution in [3.63, 3.8) is 0 Å². The molecule has 0 aromatic carbocycles. The summed E-state index contributed by atoms with van der Waals surface area (Å²) in [6, 6.07) is 5.17. The smallest absolute Gasteiger partial charge is 0.315 e. The molecule has 2 amide bonds. The number of amides is 2. The molecular weight excluding hydrogens is 230 g/mol. The summed E-state index contributed by atoms with van der Waals surface area (Å²) in [6.45, 7) is 3.49.